The van der Waals surface area contributed by atoms with Crippen molar-refractivity contribution in [1.82, 2.24) is 5.32 Å². The molecule has 240 valence electrons. The molecule has 0 aromatic heterocycles. The molecule has 0 spiro atoms. The van der Waals surface area contributed by atoms with E-state index in [-0.39, 0.29) is 52.6 Å². The van der Waals surface area contributed by atoms with Crippen LogP contribution in [-0.2, 0) is 24.2 Å². The van der Waals surface area contributed by atoms with Crippen molar-refractivity contribution in [3.8, 4) is 11.5 Å². The van der Waals surface area contributed by atoms with Gasteiger partial charge in [0.05, 0.1) is 62.2 Å². The molecule has 1 saturated carbocycles. The Balaban J connectivity index is 1.48. The molecule has 1 saturated heterocycles. The Morgan fingerprint density at radius 2 is 1.80 bits per heavy atom. The number of carbonyl (C=O) groups excluding carboxylic acids is 3. The number of alkyl halides is 1. The largest absolute Gasteiger partial charge is 0.496 e. The molecular formula is C29H34F3IN2O7P2. The lowest BCUT2D eigenvalue weighted by Gasteiger charge is -2.35. The Morgan fingerprint density at radius 1 is 1.11 bits per heavy atom. The number of carbonyl (C=O) groups is 3. The van der Waals surface area contributed by atoms with Crippen molar-refractivity contribution in [3.63, 3.8) is 0 Å². The zero-order chi connectivity index (χ0) is 32.4. The average molecular weight is 768 g/mol. The summed E-state index contributed by atoms with van der Waals surface area (Å²) in [7, 11) is 6.62. The van der Waals surface area contributed by atoms with Gasteiger partial charge in [0.15, 0.2) is 16.7 Å². The number of esters is 1. The Hall–Kier alpha value is -2.21. The number of hydrogen-bond acceptors (Lipinski definition) is 7. The van der Waals surface area contributed by atoms with Gasteiger partial charge in [0.2, 0.25) is 0 Å². The summed E-state index contributed by atoms with van der Waals surface area (Å²) in [5.74, 6) is -4.08. The summed E-state index contributed by atoms with van der Waals surface area (Å²) in [4.78, 5) is 38.7. The van der Waals surface area contributed by atoms with E-state index in [2.05, 4.69) is 5.32 Å². The maximum Gasteiger partial charge on any atom is 0.311 e. The Labute approximate surface area is 271 Å². The predicted molar refractivity (Wildman–Crippen MR) is 171 cm³/mol. The van der Waals surface area contributed by atoms with Gasteiger partial charge >= 0.3 is 5.97 Å². The lowest BCUT2D eigenvalue weighted by atomic mass is 9.75. The number of nitrogens with one attached hydrogen (secondary N) is 1. The van der Waals surface area contributed by atoms with Gasteiger partial charge in [-0.3, -0.25) is 14.4 Å². The molecule has 0 radical (unpaired) electrons. The van der Waals surface area contributed by atoms with Crippen LogP contribution in [0.15, 0.2) is 30.3 Å². The molecule has 15 heteroatoms. The molecule has 4 atom stereocenters. The van der Waals surface area contributed by atoms with Crippen LogP contribution in [-0.4, -0.2) is 57.4 Å². The molecule has 2 aromatic rings. The molecule has 2 unspecified atom stereocenters. The second-order valence-electron chi connectivity index (χ2n) is 11.1. The normalized spacial score (nSPS) is 23.5. The predicted octanol–water partition coefficient (Wildman–Crippen LogP) is 5.43. The van der Waals surface area contributed by atoms with E-state index < -0.39 is 46.3 Å². The highest BCUT2D eigenvalue weighted by atomic mass is 127. The smallest absolute Gasteiger partial charge is 0.311 e. The minimum Gasteiger partial charge on any atom is -0.496 e. The highest BCUT2D eigenvalue weighted by Crippen LogP contribution is 2.44. The first-order valence-corrected chi connectivity index (χ1v) is 16.0. The molecule has 0 bridgehead atoms. The Kier molecular flexibility index (Phi) is 11.1. The van der Waals surface area contributed by atoms with Crippen molar-refractivity contribution in [2.24, 2.45) is 11.3 Å². The van der Waals surface area contributed by atoms with Crippen LogP contribution in [0.2, 0.25) is 0 Å². The van der Waals surface area contributed by atoms with Gasteiger partial charge < -0.3 is 24.3 Å². The van der Waals surface area contributed by atoms with Gasteiger partial charge in [-0.25, -0.2) is 8.78 Å². The second-order valence-corrected chi connectivity index (χ2v) is 14.6. The molecule has 4 rings (SSSR count). The molecule has 1 aliphatic heterocycles. The summed E-state index contributed by atoms with van der Waals surface area (Å²) in [6.07, 6.45) is 1.54. The first kappa shape index (κ1) is 34.7. The fraction of sp³-hybridized carbons (Fsp3) is 0.483. The quantitative estimate of drug-likeness (QED) is 0.157. The molecule has 1 N–H and O–H groups in total. The van der Waals surface area contributed by atoms with E-state index in [0.29, 0.717) is 29.3 Å². The number of halogens is 4. The monoisotopic (exact) mass is 768 g/mol. The van der Waals surface area contributed by atoms with Crippen LogP contribution < -0.4 is 19.9 Å². The molecule has 2 aromatic carbocycles. The highest BCUT2D eigenvalue weighted by Gasteiger charge is 2.41. The lowest BCUT2D eigenvalue weighted by Crippen LogP contribution is -2.46. The molecule has 1 heterocycles. The van der Waals surface area contributed by atoms with Gasteiger partial charge in [-0.15, -0.1) is 5.12 Å². The standard InChI is InChI=1S/C29H34F3IN2O7P2/c1-28(27(38)40-3)8-6-16(7-9-28)42-24-11-17(23(39-2)12-20(24)30)25(36)34-22-14-41-13-18(22)26(37)35(32)15-4-5-21(33)19(10-15)29(31,43)44/h4-5,10-12,16,18,22H,6-9,13-14,43-44H2,1-3H3,(H,34,36)/t16?,18-,22+,28?/m0/s1. The van der Waals surface area contributed by atoms with Crippen LogP contribution in [0, 0.1) is 20.7 Å². The number of benzene rings is 2. The number of nitrogens with zero attached hydrogens (tertiary/aromatic N) is 1. The van der Waals surface area contributed by atoms with E-state index in [9.17, 15) is 23.2 Å². The third kappa shape index (κ3) is 7.59. The van der Waals surface area contributed by atoms with Crippen LogP contribution in [0.1, 0.15) is 48.5 Å². The van der Waals surface area contributed by atoms with E-state index in [1.54, 1.807) is 0 Å². The number of amides is 2. The molecule has 2 fully saturated rings. The summed E-state index contributed by atoms with van der Waals surface area (Å²) in [6.45, 7) is 1.58. The zero-order valence-electron chi connectivity index (χ0n) is 24.3. The van der Waals surface area contributed by atoms with Crippen LogP contribution in [0.25, 0.3) is 0 Å². The number of rotatable bonds is 9. The Bertz CT molecular complexity index is 1420. The molecule has 2 aliphatic rings. The lowest BCUT2D eigenvalue weighted by molar-refractivity contribution is -0.154. The fourth-order valence-corrected chi connectivity index (χ4v) is 7.15. The van der Waals surface area contributed by atoms with Gasteiger partial charge in [-0.2, -0.15) is 0 Å². The minimum atomic E-state index is -1.93. The van der Waals surface area contributed by atoms with Crippen molar-refractivity contribution in [3.05, 3.63) is 50.8 Å². The van der Waals surface area contributed by atoms with E-state index in [1.165, 1.54) is 38.5 Å². The van der Waals surface area contributed by atoms with Gasteiger partial charge in [0.25, 0.3) is 11.8 Å². The van der Waals surface area contributed by atoms with Crippen LogP contribution in [0.5, 0.6) is 11.5 Å². The molecular weight excluding hydrogens is 734 g/mol. The van der Waals surface area contributed by atoms with E-state index in [1.807, 2.05) is 48.0 Å². The van der Waals surface area contributed by atoms with Gasteiger partial charge in [-0.05, 0) is 79.5 Å². The summed E-state index contributed by atoms with van der Waals surface area (Å²) in [5.41, 5.74) is -0.725. The molecule has 9 nitrogen and oxygen atoms in total. The SMILES string of the molecule is COC(=O)C1(C)CCC(Oc2cc(C(=O)N[C@@H]3COC[C@@H]3C(=O)N(F)c3ccc(I)c(C(F)(P)P)c3)c(OC)cc2F)CC1. The topological polar surface area (TPSA) is 103 Å². The highest BCUT2D eigenvalue weighted by molar-refractivity contribution is 14.1. The molecule has 1 aliphatic carbocycles. The maximum absolute atomic E-state index is 15.3. The fourth-order valence-electron chi connectivity index (χ4n) is 5.34. The van der Waals surface area contributed by atoms with Crippen molar-refractivity contribution >= 4 is 64.5 Å². The van der Waals surface area contributed by atoms with Crippen molar-refractivity contribution in [2.45, 2.75) is 49.9 Å². The number of ether oxygens (including phenoxy) is 4. The van der Waals surface area contributed by atoms with Gasteiger partial charge in [0.1, 0.15) is 5.75 Å². The average Bonchev–Trinajstić information content (AvgIpc) is 3.45. The Morgan fingerprint density at radius 3 is 2.41 bits per heavy atom. The van der Waals surface area contributed by atoms with Crippen LogP contribution in [0.4, 0.5) is 18.9 Å². The van der Waals surface area contributed by atoms with E-state index in [0.717, 1.165) is 6.07 Å². The van der Waals surface area contributed by atoms with E-state index in [4.69, 9.17) is 18.9 Å². The van der Waals surface area contributed by atoms with Gasteiger partial charge in [-0.1, -0.05) is 23.0 Å². The second kappa shape index (κ2) is 14.1. The maximum atomic E-state index is 15.3. The zero-order valence-corrected chi connectivity index (χ0v) is 28.8. The third-order valence-electron chi connectivity index (χ3n) is 8.00. The summed E-state index contributed by atoms with van der Waals surface area (Å²) in [5, 5.41) is 0.662. The first-order valence-electron chi connectivity index (χ1n) is 13.8. The number of methoxy groups -OCH3 is 2. The third-order valence-corrected chi connectivity index (χ3v) is 9.57. The number of hydrogen-bond donors (Lipinski definition) is 1. The first-order chi connectivity index (χ1) is 20.7. The summed E-state index contributed by atoms with van der Waals surface area (Å²) >= 11 is 1.91. The van der Waals surface area contributed by atoms with Crippen LogP contribution >= 0.6 is 41.1 Å². The summed E-state index contributed by atoms with van der Waals surface area (Å²) in [6, 6.07) is 5.39. The van der Waals surface area contributed by atoms with Gasteiger partial charge in [0, 0.05) is 15.2 Å². The van der Waals surface area contributed by atoms with Crippen LogP contribution in [0.3, 0.4) is 0 Å². The van der Waals surface area contributed by atoms with E-state index >= 15 is 4.48 Å². The van der Waals surface area contributed by atoms with Crippen molar-refractivity contribution < 1.29 is 46.6 Å². The summed E-state index contributed by atoms with van der Waals surface area (Å²) < 4.78 is 66.9. The van der Waals surface area contributed by atoms with Crippen molar-refractivity contribution in [1.29, 1.82) is 0 Å². The molecule has 2 amide bonds. The number of anilines is 1. The van der Waals surface area contributed by atoms with Crippen molar-refractivity contribution in [2.75, 3.05) is 32.6 Å². The minimum absolute atomic E-state index is 0.0586. The molecule has 44 heavy (non-hydrogen) atoms.